The number of hydrogen-bond acceptors (Lipinski definition) is 2. The van der Waals surface area contributed by atoms with Gasteiger partial charge in [-0.1, -0.05) is 24.4 Å². The van der Waals surface area contributed by atoms with E-state index in [4.69, 9.17) is 17.3 Å². The minimum Gasteiger partial charge on any atom is -0.351 e. The summed E-state index contributed by atoms with van der Waals surface area (Å²) in [6.45, 7) is 0. The summed E-state index contributed by atoms with van der Waals surface area (Å²) < 4.78 is 0. The Bertz CT molecular complexity index is 667. The van der Waals surface area contributed by atoms with Gasteiger partial charge in [-0.15, -0.1) is 0 Å². The van der Waals surface area contributed by atoms with E-state index in [-0.39, 0.29) is 18.0 Å². The van der Waals surface area contributed by atoms with Crippen LogP contribution in [0.25, 0.3) is 10.9 Å². The lowest BCUT2D eigenvalue weighted by Crippen LogP contribution is -2.50. The molecule has 1 aliphatic rings. The maximum absolute atomic E-state index is 12.7. The molecule has 0 saturated heterocycles. The molecule has 0 bridgehead atoms. The molecule has 5 heteroatoms. The lowest BCUT2D eigenvalue weighted by molar-refractivity contribution is 0.0667. The Balaban J connectivity index is 1.85. The van der Waals surface area contributed by atoms with Crippen molar-refractivity contribution in [2.24, 2.45) is 5.73 Å². The molecule has 0 aliphatic heterocycles. The summed E-state index contributed by atoms with van der Waals surface area (Å²) >= 11 is 5.99. The average Bonchev–Trinajstić information content (AvgIpc) is 2.89. The van der Waals surface area contributed by atoms with Crippen molar-refractivity contribution in [3.63, 3.8) is 0 Å². The molecule has 1 aromatic heterocycles. The minimum atomic E-state index is -0.00956. The van der Waals surface area contributed by atoms with Crippen LogP contribution in [0.3, 0.4) is 0 Å². The highest BCUT2D eigenvalue weighted by molar-refractivity contribution is 6.31. The summed E-state index contributed by atoms with van der Waals surface area (Å²) in [5, 5.41) is 1.62. The first-order valence-electron chi connectivity index (χ1n) is 7.37. The van der Waals surface area contributed by atoms with Crippen LogP contribution in [0.1, 0.15) is 36.2 Å². The number of hydrogen-bond donors (Lipinski definition) is 2. The van der Waals surface area contributed by atoms with Crippen LogP contribution in [0.2, 0.25) is 5.02 Å². The van der Waals surface area contributed by atoms with Gasteiger partial charge in [-0.05, 0) is 37.1 Å². The molecule has 3 rings (SSSR count). The topological polar surface area (TPSA) is 62.1 Å². The Hall–Kier alpha value is -1.52. The van der Waals surface area contributed by atoms with Crippen LogP contribution in [0, 0.1) is 0 Å². The Kier molecular flexibility index (Phi) is 3.91. The molecule has 0 unspecified atom stereocenters. The van der Waals surface area contributed by atoms with E-state index >= 15 is 0 Å². The van der Waals surface area contributed by atoms with Crippen molar-refractivity contribution in [1.82, 2.24) is 9.88 Å². The zero-order valence-electron chi connectivity index (χ0n) is 12.1. The van der Waals surface area contributed by atoms with E-state index in [1.54, 1.807) is 4.90 Å². The molecule has 21 heavy (non-hydrogen) atoms. The predicted octanol–water partition coefficient (Wildman–Crippen LogP) is 3.16. The molecule has 1 aromatic carbocycles. The lowest BCUT2D eigenvalue weighted by atomic mass is 9.90. The largest absolute Gasteiger partial charge is 0.351 e. The Labute approximate surface area is 129 Å². The first kappa shape index (κ1) is 14.4. The monoisotopic (exact) mass is 305 g/mol. The number of fused-ring (bicyclic) bond motifs is 1. The molecule has 0 spiro atoms. The molecule has 2 aromatic rings. The van der Waals surface area contributed by atoms with E-state index in [0.29, 0.717) is 10.7 Å². The first-order valence-corrected chi connectivity index (χ1v) is 7.75. The summed E-state index contributed by atoms with van der Waals surface area (Å²) in [5.74, 6) is -0.00956. The number of aromatic amines is 1. The number of likely N-dealkylation sites (N-methyl/N-ethyl adjacent to an activating group) is 1. The molecular formula is C16H20ClN3O. The smallest absolute Gasteiger partial charge is 0.270 e. The van der Waals surface area contributed by atoms with Crippen LogP contribution in [0.15, 0.2) is 24.3 Å². The summed E-state index contributed by atoms with van der Waals surface area (Å²) in [6, 6.07) is 7.62. The number of nitrogens with zero attached hydrogens (tertiary/aromatic N) is 1. The maximum atomic E-state index is 12.7. The summed E-state index contributed by atoms with van der Waals surface area (Å²) in [4.78, 5) is 17.6. The minimum absolute atomic E-state index is 0.00956. The molecule has 1 saturated carbocycles. The molecule has 2 atom stereocenters. The number of rotatable bonds is 2. The normalized spacial score (nSPS) is 22.4. The standard InChI is InChI=1S/C16H20ClN3O/c1-20(15-5-3-2-4-12(15)18)16(21)14-9-10-8-11(17)6-7-13(10)19-14/h6-9,12,15,19H,2-5,18H2,1H3/t12-,15+/m1/s1. The molecule has 3 N–H and O–H groups in total. The fourth-order valence-electron chi connectivity index (χ4n) is 3.18. The SMILES string of the molecule is CN(C(=O)c1cc2cc(Cl)ccc2[nH]1)[C@H]1CCCC[C@H]1N. The number of carbonyl (C=O) groups excluding carboxylic acids is 1. The Morgan fingerprint density at radius 2 is 2.10 bits per heavy atom. The number of carbonyl (C=O) groups is 1. The molecule has 1 heterocycles. The van der Waals surface area contributed by atoms with Crippen LogP contribution >= 0.6 is 11.6 Å². The van der Waals surface area contributed by atoms with Crippen LogP contribution in [-0.2, 0) is 0 Å². The summed E-state index contributed by atoms with van der Waals surface area (Å²) in [7, 11) is 1.84. The number of aromatic nitrogens is 1. The second kappa shape index (κ2) is 5.70. The summed E-state index contributed by atoms with van der Waals surface area (Å²) in [6.07, 6.45) is 4.27. The number of nitrogens with two attached hydrogens (primary N) is 1. The zero-order valence-corrected chi connectivity index (χ0v) is 12.9. The molecule has 4 nitrogen and oxygen atoms in total. The zero-order chi connectivity index (χ0) is 15.0. The fourth-order valence-corrected chi connectivity index (χ4v) is 3.36. The highest BCUT2D eigenvalue weighted by Gasteiger charge is 2.29. The van der Waals surface area contributed by atoms with E-state index in [1.165, 1.54) is 0 Å². The van der Waals surface area contributed by atoms with Gasteiger partial charge in [0.05, 0.1) is 0 Å². The van der Waals surface area contributed by atoms with E-state index in [9.17, 15) is 4.79 Å². The number of halogens is 1. The van der Waals surface area contributed by atoms with Gasteiger partial charge in [0.2, 0.25) is 0 Å². The third-order valence-electron chi connectivity index (χ3n) is 4.41. The number of benzene rings is 1. The average molecular weight is 306 g/mol. The molecular weight excluding hydrogens is 286 g/mol. The Morgan fingerprint density at radius 3 is 2.86 bits per heavy atom. The molecule has 1 fully saturated rings. The van der Waals surface area contributed by atoms with Crippen molar-refractivity contribution < 1.29 is 4.79 Å². The highest BCUT2D eigenvalue weighted by Crippen LogP contribution is 2.24. The van der Waals surface area contributed by atoms with E-state index in [1.807, 2.05) is 31.3 Å². The van der Waals surface area contributed by atoms with Crippen molar-refractivity contribution in [3.8, 4) is 0 Å². The van der Waals surface area contributed by atoms with Crippen LogP contribution < -0.4 is 5.73 Å². The van der Waals surface area contributed by atoms with E-state index in [2.05, 4.69) is 4.98 Å². The van der Waals surface area contributed by atoms with Crippen LogP contribution in [0.5, 0.6) is 0 Å². The Morgan fingerprint density at radius 1 is 1.33 bits per heavy atom. The highest BCUT2D eigenvalue weighted by atomic mass is 35.5. The second-order valence-electron chi connectivity index (χ2n) is 5.85. The van der Waals surface area contributed by atoms with Gasteiger partial charge in [-0.3, -0.25) is 4.79 Å². The predicted molar refractivity (Wildman–Crippen MR) is 85.6 cm³/mol. The second-order valence-corrected chi connectivity index (χ2v) is 6.28. The van der Waals surface area contributed by atoms with E-state index in [0.717, 1.165) is 36.6 Å². The van der Waals surface area contributed by atoms with E-state index < -0.39 is 0 Å². The van der Waals surface area contributed by atoms with Gasteiger partial charge in [0.15, 0.2) is 0 Å². The molecule has 112 valence electrons. The number of nitrogens with one attached hydrogen (secondary N) is 1. The third kappa shape index (κ3) is 2.78. The first-order chi connectivity index (χ1) is 10.1. The van der Waals surface area contributed by atoms with Crippen LogP contribution in [0.4, 0.5) is 0 Å². The fraction of sp³-hybridized carbons (Fsp3) is 0.438. The summed E-state index contributed by atoms with van der Waals surface area (Å²) in [5.41, 5.74) is 7.68. The third-order valence-corrected chi connectivity index (χ3v) is 4.65. The maximum Gasteiger partial charge on any atom is 0.270 e. The molecule has 1 aliphatic carbocycles. The number of H-pyrrole nitrogens is 1. The molecule has 1 amide bonds. The van der Waals surface area contributed by atoms with Crippen molar-refractivity contribution >= 4 is 28.4 Å². The van der Waals surface area contributed by atoms with Crippen molar-refractivity contribution in [2.45, 2.75) is 37.8 Å². The van der Waals surface area contributed by atoms with Gasteiger partial charge in [0.1, 0.15) is 5.69 Å². The van der Waals surface area contributed by atoms with Gasteiger partial charge < -0.3 is 15.6 Å². The van der Waals surface area contributed by atoms with Gasteiger partial charge in [-0.25, -0.2) is 0 Å². The van der Waals surface area contributed by atoms with Gasteiger partial charge in [-0.2, -0.15) is 0 Å². The van der Waals surface area contributed by atoms with Gasteiger partial charge >= 0.3 is 0 Å². The molecule has 0 radical (unpaired) electrons. The lowest BCUT2D eigenvalue weighted by Gasteiger charge is -2.35. The van der Waals surface area contributed by atoms with Gasteiger partial charge in [0, 0.05) is 35.1 Å². The van der Waals surface area contributed by atoms with Gasteiger partial charge in [0.25, 0.3) is 5.91 Å². The van der Waals surface area contributed by atoms with Crippen molar-refractivity contribution in [1.29, 1.82) is 0 Å². The van der Waals surface area contributed by atoms with Crippen molar-refractivity contribution in [2.75, 3.05) is 7.05 Å². The quantitative estimate of drug-likeness (QED) is 0.895. The van der Waals surface area contributed by atoms with Crippen LogP contribution in [-0.4, -0.2) is 34.9 Å². The number of amides is 1. The van der Waals surface area contributed by atoms with Crippen molar-refractivity contribution in [3.05, 3.63) is 35.0 Å².